The first-order valence-corrected chi connectivity index (χ1v) is 5.91. The molecular weight excluding hydrogens is 206 g/mol. The van der Waals surface area contributed by atoms with E-state index >= 15 is 0 Å². The number of nitrogens with two attached hydrogens (primary N) is 1. The highest BCUT2D eigenvalue weighted by Gasteiger charge is 2.06. The Hall–Kier alpha value is -1.13. The van der Waals surface area contributed by atoms with Crippen molar-refractivity contribution in [1.82, 2.24) is 9.55 Å². The minimum absolute atomic E-state index is 0.679. The monoisotopic (exact) mass is 221 g/mol. The molecule has 2 heterocycles. The summed E-state index contributed by atoms with van der Waals surface area (Å²) in [6.45, 7) is 0.679. The lowest BCUT2D eigenvalue weighted by Crippen LogP contribution is -2.08. The third-order valence-corrected chi connectivity index (χ3v) is 3.37. The van der Waals surface area contributed by atoms with Gasteiger partial charge in [0.15, 0.2) is 0 Å². The minimum Gasteiger partial charge on any atom is -0.335 e. The van der Waals surface area contributed by atoms with Gasteiger partial charge in [-0.2, -0.15) is 0 Å². The van der Waals surface area contributed by atoms with E-state index in [4.69, 9.17) is 5.73 Å². The molecule has 0 spiro atoms. The zero-order chi connectivity index (χ0) is 10.7. The average molecular weight is 221 g/mol. The molecule has 0 saturated heterocycles. The Morgan fingerprint density at radius 2 is 2.40 bits per heavy atom. The summed E-state index contributed by atoms with van der Waals surface area (Å²) in [5, 5.41) is 2.10. The average Bonchev–Trinajstić information content (AvgIpc) is 2.83. The normalized spacial score (nSPS) is 10.8. The van der Waals surface area contributed by atoms with Gasteiger partial charge in [0.05, 0.1) is 0 Å². The van der Waals surface area contributed by atoms with Gasteiger partial charge in [-0.3, -0.25) is 0 Å². The van der Waals surface area contributed by atoms with Crippen LogP contribution in [0.2, 0.25) is 0 Å². The van der Waals surface area contributed by atoms with E-state index in [-0.39, 0.29) is 0 Å². The molecule has 0 bridgehead atoms. The van der Waals surface area contributed by atoms with Gasteiger partial charge in [0.1, 0.15) is 5.82 Å². The topological polar surface area (TPSA) is 43.8 Å². The molecule has 0 saturated carbocycles. The van der Waals surface area contributed by atoms with Gasteiger partial charge in [0, 0.05) is 36.7 Å². The van der Waals surface area contributed by atoms with Crippen LogP contribution >= 0.6 is 11.3 Å². The Morgan fingerprint density at radius 1 is 1.53 bits per heavy atom. The summed E-state index contributed by atoms with van der Waals surface area (Å²) in [5.74, 6) is 1.11. The highest BCUT2D eigenvalue weighted by molar-refractivity contribution is 7.09. The molecule has 0 amide bonds. The molecule has 0 aliphatic carbocycles. The predicted molar refractivity (Wildman–Crippen MR) is 63.1 cm³/mol. The van der Waals surface area contributed by atoms with Crippen molar-refractivity contribution >= 4 is 11.3 Å². The van der Waals surface area contributed by atoms with Crippen molar-refractivity contribution in [2.75, 3.05) is 6.54 Å². The molecule has 0 aliphatic rings. The number of imidazole rings is 1. The fraction of sp³-hybridized carbons (Fsp3) is 0.364. The third-order valence-electron chi connectivity index (χ3n) is 2.49. The van der Waals surface area contributed by atoms with Gasteiger partial charge in [0.25, 0.3) is 0 Å². The summed E-state index contributed by atoms with van der Waals surface area (Å²) in [5.41, 5.74) is 6.75. The van der Waals surface area contributed by atoms with E-state index in [1.54, 1.807) is 11.3 Å². The second kappa shape index (κ2) is 4.59. The maximum absolute atomic E-state index is 5.54. The van der Waals surface area contributed by atoms with Crippen LogP contribution in [-0.4, -0.2) is 16.1 Å². The van der Waals surface area contributed by atoms with Gasteiger partial charge in [-0.25, -0.2) is 4.98 Å². The molecule has 0 fully saturated rings. The lowest BCUT2D eigenvalue weighted by Gasteiger charge is -2.03. The van der Waals surface area contributed by atoms with Gasteiger partial charge in [0.2, 0.25) is 0 Å². The molecule has 0 aromatic carbocycles. The second-order valence-corrected chi connectivity index (χ2v) is 4.55. The third kappa shape index (κ3) is 2.27. The minimum atomic E-state index is 0.679. The zero-order valence-corrected chi connectivity index (χ0v) is 9.63. The van der Waals surface area contributed by atoms with E-state index in [1.807, 2.05) is 6.20 Å². The van der Waals surface area contributed by atoms with Crippen LogP contribution in [0.1, 0.15) is 16.4 Å². The Bertz CT molecular complexity index is 417. The van der Waals surface area contributed by atoms with Crippen LogP contribution in [0, 0.1) is 0 Å². The number of thiophene rings is 1. The van der Waals surface area contributed by atoms with Crippen LogP contribution < -0.4 is 5.73 Å². The van der Waals surface area contributed by atoms with Crippen molar-refractivity contribution < 1.29 is 0 Å². The molecular formula is C11H15N3S. The molecule has 2 rings (SSSR count). The highest BCUT2D eigenvalue weighted by Crippen LogP contribution is 2.14. The first-order chi connectivity index (χ1) is 7.31. The van der Waals surface area contributed by atoms with Gasteiger partial charge < -0.3 is 10.3 Å². The van der Waals surface area contributed by atoms with Crippen LogP contribution in [0.25, 0.3) is 0 Å². The number of hydrogen-bond acceptors (Lipinski definition) is 3. The first kappa shape index (κ1) is 10.4. The van der Waals surface area contributed by atoms with E-state index in [0.717, 1.165) is 18.7 Å². The van der Waals surface area contributed by atoms with Crippen LogP contribution in [0.3, 0.4) is 0 Å². The Balaban J connectivity index is 2.15. The summed E-state index contributed by atoms with van der Waals surface area (Å²) < 4.78 is 2.15. The van der Waals surface area contributed by atoms with E-state index in [1.165, 1.54) is 10.6 Å². The largest absolute Gasteiger partial charge is 0.335 e. The van der Waals surface area contributed by atoms with Crippen LogP contribution in [-0.2, 0) is 19.9 Å². The van der Waals surface area contributed by atoms with Crippen molar-refractivity contribution in [2.24, 2.45) is 12.8 Å². The number of aromatic nitrogens is 2. The molecule has 0 unspecified atom stereocenters. The number of rotatable bonds is 4. The Labute approximate surface area is 93.6 Å². The lowest BCUT2D eigenvalue weighted by molar-refractivity contribution is 0.761. The maximum atomic E-state index is 5.54. The molecule has 2 N–H and O–H groups in total. The molecule has 2 aromatic heterocycles. The van der Waals surface area contributed by atoms with Gasteiger partial charge in [-0.1, -0.05) is 6.07 Å². The Morgan fingerprint density at radius 3 is 3.07 bits per heavy atom. The molecule has 2 aromatic rings. The maximum Gasteiger partial charge on any atom is 0.113 e. The summed E-state index contributed by atoms with van der Waals surface area (Å²) in [7, 11) is 2.06. The standard InChI is InChI=1S/C11H15N3S/c1-14-9(4-5-12)8-13-11(14)7-10-3-2-6-15-10/h2-3,6,8H,4-5,7,12H2,1H3. The molecule has 80 valence electrons. The van der Waals surface area contributed by atoms with Gasteiger partial charge in [-0.05, 0) is 18.0 Å². The number of nitrogens with zero attached hydrogens (tertiary/aromatic N) is 2. The summed E-state index contributed by atoms with van der Waals surface area (Å²) in [6.07, 6.45) is 3.74. The van der Waals surface area contributed by atoms with Crippen molar-refractivity contribution in [3.63, 3.8) is 0 Å². The number of hydrogen-bond donors (Lipinski definition) is 1. The van der Waals surface area contributed by atoms with Crippen LogP contribution in [0.15, 0.2) is 23.7 Å². The summed E-state index contributed by atoms with van der Waals surface area (Å²) in [6, 6.07) is 4.21. The van der Waals surface area contributed by atoms with Gasteiger partial charge in [-0.15, -0.1) is 11.3 Å². The van der Waals surface area contributed by atoms with E-state index < -0.39 is 0 Å². The highest BCUT2D eigenvalue weighted by atomic mass is 32.1. The molecule has 0 aliphatic heterocycles. The molecule has 15 heavy (non-hydrogen) atoms. The fourth-order valence-corrected chi connectivity index (χ4v) is 2.30. The SMILES string of the molecule is Cn1c(CCN)cnc1Cc1cccs1. The van der Waals surface area contributed by atoms with E-state index in [0.29, 0.717) is 6.54 Å². The van der Waals surface area contributed by atoms with Gasteiger partial charge >= 0.3 is 0 Å². The second-order valence-electron chi connectivity index (χ2n) is 3.52. The van der Waals surface area contributed by atoms with Crippen molar-refractivity contribution in [3.05, 3.63) is 40.1 Å². The summed E-state index contributed by atoms with van der Waals surface area (Å²) >= 11 is 1.77. The Kier molecular flexibility index (Phi) is 3.18. The van der Waals surface area contributed by atoms with Crippen molar-refractivity contribution in [3.8, 4) is 0 Å². The van der Waals surface area contributed by atoms with Crippen LogP contribution in [0.4, 0.5) is 0 Å². The van der Waals surface area contributed by atoms with E-state index in [2.05, 4.69) is 34.1 Å². The van der Waals surface area contributed by atoms with Crippen molar-refractivity contribution in [2.45, 2.75) is 12.8 Å². The fourth-order valence-electron chi connectivity index (χ4n) is 1.60. The first-order valence-electron chi connectivity index (χ1n) is 5.03. The molecule has 0 atom stereocenters. The lowest BCUT2D eigenvalue weighted by atomic mass is 10.3. The van der Waals surface area contributed by atoms with E-state index in [9.17, 15) is 0 Å². The van der Waals surface area contributed by atoms with Crippen LogP contribution in [0.5, 0.6) is 0 Å². The van der Waals surface area contributed by atoms with Crippen molar-refractivity contribution in [1.29, 1.82) is 0 Å². The quantitative estimate of drug-likeness (QED) is 0.851. The smallest absolute Gasteiger partial charge is 0.113 e. The zero-order valence-electron chi connectivity index (χ0n) is 8.81. The summed E-state index contributed by atoms with van der Waals surface area (Å²) in [4.78, 5) is 5.77. The predicted octanol–water partition coefficient (Wildman–Crippen LogP) is 1.57. The molecule has 3 nitrogen and oxygen atoms in total. The molecule has 4 heteroatoms. The molecule has 0 radical (unpaired) electrons.